The Morgan fingerprint density at radius 1 is 1.58 bits per heavy atom. The van der Waals surface area contributed by atoms with Crippen molar-refractivity contribution in [3.05, 3.63) is 11.3 Å². The van der Waals surface area contributed by atoms with Gasteiger partial charge in [-0.1, -0.05) is 6.92 Å². The van der Waals surface area contributed by atoms with Crippen molar-refractivity contribution in [3.8, 4) is 0 Å². The lowest BCUT2D eigenvalue weighted by Gasteiger charge is -2.22. The summed E-state index contributed by atoms with van der Waals surface area (Å²) in [7, 11) is 0. The molecule has 0 aromatic carbocycles. The third kappa shape index (κ3) is 5.12. The minimum Gasteiger partial charge on any atom is -0.463 e. The quantitative estimate of drug-likeness (QED) is 0.596. The number of hydrogen-bond donors (Lipinski definition) is 3. The molecule has 0 aromatic rings. The summed E-state index contributed by atoms with van der Waals surface area (Å²) in [5.74, 6) is 0.194. The third-order valence-corrected chi connectivity index (χ3v) is 3.92. The summed E-state index contributed by atoms with van der Waals surface area (Å²) in [5.41, 5.74) is 6.63. The molecule has 0 saturated heterocycles. The topological polar surface area (TPSA) is 93.4 Å². The Labute approximate surface area is 117 Å². The van der Waals surface area contributed by atoms with Crippen molar-refractivity contribution in [3.63, 3.8) is 0 Å². The van der Waals surface area contributed by atoms with Gasteiger partial charge in [-0.2, -0.15) is 11.8 Å². The Morgan fingerprint density at radius 3 is 2.95 bits per heavy atom. The first-order chi connectivity index (χ1) is 9.08. The Kier molecular flexibility index (Phi) is 6.72. The normalized spacial score (nSPS) is 16.7. The highest BCUT2D eigenvalue weighted by molar-refractivity contribution is 8.00. The van der Waals surface area contributed by atoms with E-state index in [9.17, 15) is 9.59 Å². The number of thioether (sulfide) groups is 1. The fraction of sp³-hybridized carbons (Fsp3) is 0.667. The van der Waals surface area contributed by atoms with Gasteiger partial charge in [0, 0.05) is 16.7 Å². The molecule has 7 heteroatoms. The maximum atomic E-state index is 11.8. The highest BCUT2D eigenvalue weighted by Gasteiger charge is 2.23. The van der Waals surface area contributed by atoms with E-state index in [4.69, 9.17) is 10.5 Å². The number of esters is 1. The molecule has 1 heterocycles. The van der Waals surface area contributed by atoms with Crippen LogP contribution in [-0.4, -0.2) is 42.7 Å². The van der Waals surface area contributed by atoms with Crippen LogP contribution in [0.15, 0.2) is 11.3 Å². The maximum Gasteiger partial charge on any atom is 0.337 e. The number of rotatable bonds is 7. The highest BCUT2D eigenvalue weighted by Crippen LogP contribution is 2.19. The van der Waals surface area contributed by atoms with E-state index in [1.165, 1.54) is 0 Å². The molecule has 6 nitrogen and oxygen atoms in total. The lowest BCUT2D eigenvalue weighted by molar-refractivity contribution is -0.138. The van der Waals surface area contributed by atoms with Gasteiger partial charge in [0.15, 0.2) is 0 Å². The fourth-order valence-electron chi connectivity index (χ4n) is 1.61. The van der Waals surface area contributed by atoms with E-state index in [1.54, 1.807) is 18.7 Å². The molecule has 1 aliphatic heterocycles. The average Bonchev–Trinajstić information content (AvgIpc) is 2.37. The molecule has 0 bridgehead atoms. The van der Waals surface area contributed by atoms with E-state index in [0.717, 1.165) is 6.42 Å². The van der Waals surface area contributed by atoms with Gasteiger partial charge < -0.3 is 21.1 Å². The number of carbonyl (C=O) groups excluding carboxylic acids is 2. The Morgan fingerprint density at radius 2 is 2.32 bits per heavy atom. The van der Waals surface area contributed by atoms with Gasteiger partial charge in [0.2, 0.25) is 0 Å². The first kappa shape index (κ1) is 15.8. The number of amides is 2. The molecule has 0 aliphatic carbocycles. The molecule has 0 radical (unpaired) electrons. The van der Waals surface area contributed by atoms with Crippen LogP contribution in [0.2, 0.25) is 0 Å². The summed E-state index contributed by atoms with van der Waals surface area (Å²) in [6.45, 7) is 4.99. The molecule has 108 valence electrons. The standard InChI is InChI=1S/C12H21N3O3S/c1-3-18-11(16)9-6-14-12(17)15-10(9)7-19-8(2)4-5-13/h8H,3-7,13H2,1-2H3,(H2,14,15,17). The van der Waals surface area contributed by atoms with Crippen molar-refractivity contribution >= 4 is 23.8 Å². The number of carbonyl (C=O) groups is 2. The van der Waals surface area contributed by atoms with Gasteiger partial charge in [0.25, 0.3) is 0 Å². The summed E-state index contributed by atoms with van der Waals surface area (Å²) >= 11 is 1.66. The lowest BCUT2D eigenvalue weighted by atomic mass is 10.2. The maximum absolute atomic E-state index is 11.8. The van der Waals surface area contributed by atoms with Crippen LogP contribution in [0.5, 0.6) is 0 Å². The van der Waals surface area contributed by atoms with E-state index in [0.29, 0.717) is 35.4 Å². The van der Waals surface area contributed by atoms with E-state index < -0.39 is 0 Å². The lowest BCUT2D eigenvalue weighted by Crippen LogP contribution is -2.44. The molecule has 0 saturated carbocycles. The smallest absolute Gasteiger partial charge is 0.337 e. The van der Waals surface area contributed by atoms with Crippen LogP contribution in [-0.2, 0) is 9.53 Å². The second-order valence-corrected chi connectivity index (χ2v) is 5.61. The number of nitrogens with one attached hydrogen (secondary N) is 2. The van der Waals surface area contributed by atoms with Crippen molar-refractivity contribution < 1.29 is 14.3 Å². The van der Waals surface area contributed by atoms with Crippen LogP contribution in [0, 0.1) is 0 Å². The second kappa shape index (κ2) is 8.06. The molecule has 1 unspecified atom stereocenters. The molecule has 4 N–H and O–H groups in total. The molecule has 1 atom stereocenters. The summed E-state index contributed by atoms with van der Waals surface area (Å²) in [4.78, 5) is 23.1. The van der Waals surface area contributed by atoms with Gasteiger partial charge in [0.05, 0.1) is 18.7 Å². The number of ether oxygens (including phenoxy) is 1. The molecule has 1 rings (SSSR count). The molecular weight excluding hydrogens is 266 g/mol. The number of nitrogens with two attached hydrogens (primary N) is 1. The van der Waals surface area contributed by atoms with E-state index in [2.05, 4.69) is 17.6 Å². The summed E-state index contributed by atoms with van der Waals surface area (Å²) in [6.07, 6.45) is 0.902. The van der Waals surface area contributed by atoms with E-state index >= 15 is 0 Å². The number of hydrogen-bond acceptors (Lipinski definition) is 5. The SMILES string of the molecule is CCOC(=O)C1=C(CSC(C)CCN)NC(=O)NC1. The van der Waals surface area contributed by atoms with Crippen LogP contribution in [0.25, 0.3) is 0 Å². The Balaban J connectivity index is 2.70. The molecule has 19 heavy (non-hydrogen) atoms. The zero-order valence-electron chi connectivity index (χ0n) is 11.3. The first-order valence-corrected chi connectivity index (χ1v) is 7.39. The first-order valence-electron chi connectivity index (χ1n) is 6.34. The van der Waals surface area contributed by atoms with Gasteiger partial charge in [-0.15, -0.1) is 0 Å². The highest BCUT2D eigenvalue weighted by atomic mass is 32.2. The molecule has 1 aliphatic rings. The Hall–Kier alpha value is -1.21. The van der Waals surface area contributed by atoms with Crippen LogP contribution in [0.1, 0.15) is 20.3 Å². The molecule has 0 aromatic heterocycles. The van der Waals surface area contributed by atoms with E-state index in [1.807, 2.05) is 0 Å². The summed E-state index contributed by atoms with van der Waals surface area (Å²) in [6, 6.07) is -0.282. The minimum absolute atomic E-state index is 0.214. The predicted octanol–water partition coefficient (Wildman–Crippen LogP) is 0.587. The van der Waals surface area contributed by atoms with Crippen LogP contribution >= 0.6 is 11.8 Å². The van der Waals surface area contributed by atoms with Crippen molar-refractivity contribution in [1.29, 1.82) is 0 Å². The monoisotopic (exact) mass is 287 g/mol. The van der Waals surface area contributed by atoms with E-state index in [-0.39, 0.29) is 18.5 Å². The molecular formula is C12H21N3O3S. The fourth-order valence-corrected chi connectivity index (χ4v) is 2.61. The van der Waals surface area contributed by atoms with Gasteiger partial charge in [-0.05, 0) is 19.9 Å². The van der Waals surface area contributed by atoms with Gasteiger partial charge >= 0.3 is 12.0 Å². The number of urea groups is 1. The van der Waals surface area contributed by atoms with Crippen LogP contribution in [0.3, 0.4) is 0 Å². The van der Waals surface area contributed by atoms with Gasteiger partial charge in [-0.3, -0.25) is 0 Å². The predicted molar refractivity (Wildman–Crippen MR) is 75.8 cm³/mol. The Bertz CT molecular complexity index is 371. The molecule has 0 spiro atoms. The van der Waals surface area contributed by atoms with Crippen molar-refractivity contribution in [1.82, 2.24) is 10.6 Å². The van der Waals surface area contributed by atoms with Crippen molar-refractivity contribution in [2.75, 3.05) is 25.4 Å². The average molecular weight is 287 g/mol. The van der Waals surface area contributed by atoms with Crippen LogP contribution in [0.4, 0.5) is 4.79 Å². The zero-order valence-corrected chi connectivity index (χ0v) is 12.1. The van der Waals surface area contributed by atoms with Crippen molar-refractivity contribution in [2.24, 2.45) is 5.73 Å². The second-order valence-electron chi connectivity index (χ2n) is 4.18. The summed E-state index contributed by atoms with van der Waals surface area (Å²) in [5, 5.41) is 5.64. The third-order valence-electron chi connectivity index (χ3n) is 2.66. The zero-order chi connectivity index (χ0) is 14.3. The van der Waals surface area contributed by atoms with Crippen molar-refractivity contribution in [2.45, 2.75) is 25.5 Å². The minimum atomic E-state index is -0.378. The van der Waals surface area contributed by atoms with Crippen LogP contribution < -0.4 is 16.4 Å². The largest absolute Gasteiger partial charge is 0.463 e. The molecule has 2 amide bonds. The van der Waals surface area contributed by atoms with Gasteiger partial charge in [0.1, 0.15) is 0 Å². The summed E-state index contributed by atoms with van der Waals surface area (Å²) < 4.78 is 4.98. The van der Waals surface area contributed by atoms with Gasteiger partial charge in [-0.25, -0.2) is 9.59 Å². The molecule has 0 fully saturated rings.